The van der Waals surface area contributed by atoms with E-state index >= 15 is 0 Å². The first-order chi connectivity index (χ1) is 7.54. The second-order valence-corrected chi connectivity index (χ2v) is 2.82. The maximum Gasteiger partial charge on any atom is 0.303 e. The van der Waals surface area contributed by atoms with E-state index < -0.39 is 11.9 Å². The van der Waals surface area contributed by atoms with E-state index in [0.717, 1.165) is 0 Å². The average Bonchev–Trinajstić information content (AvgIpc) is 2.18. The van der Waals surface area contributed by atoms with Crippen LogP contribution in [0.25, 0.3) is 0 Å². The van der Waals surface area contributed by atoms with Gasteiger partial charge in [-0.05, 0) is 12.8 Å². The molecule has 2 N–H and O–H groups in total. The molecular formula is C11H19FO5. The Hall–Kier alpha value is -1.85. The number of rotatable bonds is 8. The van der Waals surface area contributed by atoms with Gasteiger partial charge in [0.1, 0.15) is 0 Å². The first-order valence-corrected chi connectivity index (χ1v) is 4.85. The standard InChI is InChI=1S/C7H12O4.C4H6O.FH/c8-6(9)4-2-1-3-5-7(10)11;1-3-5-4-2;/h1-5H2,(H,8,9)(H,10,11);3-4H,1-2H2;1H. The summed E-state index contributed by atoms with van der Waals surface area (Å²) in [7, 11) is 0. The highest BCUT2D eigenvalue weighted by molar-refractivity contribution is 5.67. The van der Waals surface area contributed by atoms with Gasteiger partial charge in [-0.2, -0.15) is 0 Å². The van der Waals surface area contributed by atoms with E-state index in [-0.39, 0.29) is 17.5 Å². The Labute approximate surface area is 99.8 Å². The van der Waals surface area contributed by atoms with Crippen molar-refractivity contribution in [2.24, 2.45) is 0 Å². The van der Waals surface area contributed by atoms with Crippen LogP contribution in [0.2, 0.25) is 0 Å². The molecule has 0 aliphatic rings. The molecule has 0 amide bonds. The molecule has 0 aliphatic carbocycles. The third-order valence-electron chi connectivity index (χ3n) is 1.47. The highest BCUT2D eigenvalue weighted by Crippen LogP contribution is 2.02. The topological polar surface area (TPSA) is 83.8 Å². The normalized spacial score (nSPS) is 7.76. The van der Waals surface area contributed by atoms with Gasteiger partial charge in [0, 0.05) is 12.8 Å². The summed E-state index contributed by atoms with van der Waals surface area (Å²) in [6.07, 6.45) is 4.73. The fourth-order valence-electron chi connectivity index (χ4n) is 0.797. The molecule has 0 unspecified atom stereocenters. The monoisotopic (exact) mass is 250 g/mol. The fraction of sp³-hybridized carbons (Fsp3) is 0.455. The number of halogens is 1. The first kappa shape index (κ1) is 20.5. The number of hydrogen-bond acceptors (Lipinski definition) is 3. The number of carbonyl (C=O) groups is 2. The summed E-state index contributed by atoms with van der Waals surface area (Å²) in [5, 5.41) is 16.4. The fourth-order valence-corrected chi connectivity index (χ4v) is 0.797. The van der Waals surface area contributed by atoms with Crippen LogP contribution in [0.5, 0.6) is 0 Å². The van der Waals surface area contributed by atoms with Gasteiger partial charge in [-0.25, -0.2) is 0 Å². The Balaban J connectivity index is -0.000000280. The zero-order chi connectivity index (χ0) is 12.8. The minimum atomic E-state index is -0.819. The largest absolute Gasteiger partial charge is 0.481 e. The van der Waals surface area contributed by atoms with Crippen LogP contribution in [0.1, 0.15) is 32.1 Å². The van der Waals surface area contributed by atoms with Crippen LogP contribution >= 0.6 is 0 Å². The quantitative estimate of drug-likeness (QED) is 0.511. The van der Waals surface area contributed by atoms with Crippen molar-refractivity contribution in [1.29, 1.82) is 0 Å². The molecule has 0 bridgehead atoms. The van der Waals surface area contributed by atoms with Crippen molar-refractivity contribution in [1.82, 2.24) is 0 Å². The second-order valence-electron chi connectivity index (χ2n) is 2.82. The van der Waals surface area contributed by atoms with E-state index in [2.05, 4.69) is 17.9 Å². The second kappa shape index (κ2) is 16.6. The predicted molar refractivity (Wildman–Crippen MR) is 62.3 cm³/mol. The van der Waals surface area contributed by atoms with Crippen molar-refractivity contribution in [3.05, 3.63) is 25.7 Å². The summed E-state index contributed by atoms with van der Waals surface area (Å²) in [5.41, 5.74) is 0. The zero-order valence-corrected chi connectivity index (χ0v) is 9.63. The molecular weight excluding hydrogens is 231 g/mol. The van der Waals surface area contributed by atoms with E-state index in [9.17, 15) is 9.59 Å². The molecule has 0 saturated heterocycles. The van der Waals surface area contributed by atoms with Gasteiger partial charge >= 0.3 is 11.9 Å². The molecule has 0 aromatic carbocycles. The lowest BCUT2D eigenvalue weighted by atomic mass is 10.1. The van der Waals surface area contributed by atoms with Crippen molar-refractivity contribution in [3.63, 3.8) is 0 Å². The van der Waals surface area contributed by atoms with Gasteiger partial charge in [-0.3, -0.25) is 14.3 Å². The van der Waals surface area contributed by atoms with Crippen LogP contribution in [-0.4, -0.2) is 22.2 Å². The van der Waals surface area contributed by atoms with Gasteiger partial charge in [0.05, 0.1) is 12.5 Å². The Kier molecular flexibility index (Phi) is 20.0. The van der Waals surface area contributed by atoms with Crippen LogP contribution in [0.15, 0.2) is 25.7 Å². The van der Waals surface area contributed by atoms with Gasteiger partial charge in [-0.15, -0.1) is 0 Å². The van der Waals surface area contributed by atoms with Crippen molar-refractivity contribution in [3.8, 4) is 0 Å². The lowest BCUT2D eigenvalue weighted by Gasteiger charge is -1.94. The average molecular weight is 250 g/mol. The Morgan fingerprint density at radius 2 is 1.29 bits per heavy atom. The molecule has 0 aromatic heterocycles. The summed E-state index contributed by atoms with van der Waals surface area (Å²) in [6.45, 7) is 6.51. The molecule has 0 radical (unpaired) electrons. The maximum absolute atomic E-state index is 9.98. The third-order valence-corrected chi connectivity index (χ3v) is 1.47. The predicted octanol–water partition coefficient (Wildman–Crippen LogP) is 2.55. The molecule has 0 saturated carbocycles. The molecule has 0 fully saturated rings. The van der Waals surface area contributed by atoms with E-state index in [4.69, 9.17) is 10.2 Å². The van der Waals surface area contributed by atoms with Gasteiger partial charge in [0.15, 0.2) is 0 Å². The molecule has 0 rings (SSSR count). The Bertz CT molecular complexity index is 206. The number of aliphatic carboxylic acids is 2. The van der Waals surface area contributed by atoms with Crippen LogP contribution < -0.4 is 0 Å². The molecule has 0 heterocycles. The minimum Gasteiger partial charge on any atom is -0.481 e. The van der Waals surface area contributed by atoms with Crippen LogP contribution in [0.3, 0.4) is 0 Å². The zero-order valence-electron chi connectivity index (χ0n) is 9.63. The highest BCUT2D eigenvalue weighted by atomic mass is 19.0. The van der Waals surface area contributed by atoms with Crippen molar-refractivity contribution in [2.75, 3.05) is 0 Å². The van der Waals surface area contributed by atoms with Crippen LogP contribution in [-0.2, 0) is 14.3 Å². The lowest BCUT2D eigenvalue weighted by molar-refractivity contribution is -0.137. The third kappa shape index (κ3) is 31.4. The molecule has 100 valence electrons. The summed E-state index contributed by atoms with van der Waals surface area (Å²) in [5.74, 6) is -1.64. The summed E-state index contributed by atoms with van der Waals surface area (Å²) in [4.78, 5) is 20.0. The Morgan fingerprint density at radius 3 is 1.47 bits per heavy atom. The molecule has 0 atom stereocenters. The van der Waals surface area contributed by atoms with Crippen LogP contribution in [0.4, 0.5) is 4.70 Å². The first-order valence-electron chi connectivity index (χ1n) is 4.85. The summed E-state index contributed by atoms with van der Waals surface area (Å²) in [6, 6.07) is 0. The van der Waals surface area contributed by atoms with Gasteiger partial charge in [0.25, 0.3) is 0 Å². The Morgan fingerprint density at radius 1 is 0.941 bits per heavy atom. The summed E-state index contributed by atoms with van der Waals surface area (Å²) < 4.78 is 4.36. The SMILES string of the molecule is C=COC=C.F.O=C(O)CCCCCC(=O)O. The number of carboxylic acids is 2. The van der Waals surface area contributed by atoms with E-state index in [1.807, 2.05) is 0 Å². The molecule has 0 spiro atoms. The van der Waals surface area contributed by atoms with Crippen molar-refractivity contribution in [2.45, 2.75) is 32.1 Å². The molecule has 6 heteroatoms. The van der Waals surface area contributed by atoms with Gasteiger partial charge < -0.3 is 14.9 Å². The maximum atomic E-state index is 9.98. The van der Waals surface area contributed by atoms with Gasteiger partial charge in [0.2, 0.25) is 0 Å². The molecule has 0 aliphatic heterocycles. The van der Waals surface area contributed by atoms with E-state index in [1.54, 1.807) is 0 Å². The number of hydrogen-bond donors (Lipinski definition) is 2. The van der Waals surface area contributed by atoms with Crippen LogP contribution in [0, 0.1) is 0 Å². The molecule has 17 heavy (non-hydrogen) atoms. The van der Waals surface area contributed by atoms with Crippen molar-refractivity contribution < 1.29 is 29.2 Å². The lowest BCUT2D eigenvalue weighted by Crippen LogP contribution is -1.96. The van der Waals surface area contributed by atoms with E-state index in [1.165, 1.54) is 12.5 Å². The molecule has 5 nitrogen and oxygen atoms in total. The van der Waals surface area contributed by atoms with Gasteiger partial charge in [-0.1, -0.05) is 19.6 Å². The summed E-state index contributed by atoms with van der Waals surface area (Å²) >= 11 is 0. The number of ether oxygens (including phenoxy) is 1. The minimum absolute atomic E-state index is 0. The highest BCUT2D eigenvalue weighted by Gasteiger charge is 1.98. The molecule has 0 aromatic rings. The smallest absolute Gasteiger partial charge is 0.303 e. The number of unbranched alkanes of at least 4 members (excludes halogenated alkanes) is 2. The van der Waals surface area contributed by atoms with E-state index in [0.29, 0.717) is 19.3 Å². The number of carboxylic acid groups (broad SMARTS) is 2. The van der Waals surface area contributed by atoms with Crippen molar-refractivity contribution >= 4 is 11.9 Å².